The molecule has 0 bridgehead atoms. The van der Waals surface area contributed by atoms with Crippen LogP contribution in [0.2, 0.25) is 10.0 Å². The fourth-order valence-electron chi connectivity index (χ4n) is 2.40. The molecule has 0 heterocycles. The van der Waals surface area contributed by atoms with Gasteiger partial charge in [0.2, 0.25) is 15.9 Å². The third-order valence-corrected chi connectivity index (χ3v) is 5.71. The van der Waals surface area contributed by atoms with Crippen LogP contribution in [-0.4, -0.2) is 27.1 Å². The highest BCUT2D eigenvalue weighted by molar-refractivity contribution is 7.92. The first-order valence-corrected chi connectivity index (χ1v) is 10.5. The van der Waals surface area contributed by atoms with Gasteiger partial charge in [-0.25, -0.2) is 8.42 Å². The van der Waals surface area contributed by atoms with Crippen LogP contribution in [0.4, 0.5) is 5.69 Å². The van der Waals surface area contributed by atoms with Crippen molar-refractivity contribution in [3.8, 4) is 0 Å². The second-order valence-electron chi connectivity index (χ2n) is 6.07. The van der Waals surface area contributed by atoms with Gasteiger partial charge in [-0.2, -0.15) is 0 Å². The van der Waals surface area contributed by atoms with Gasteiger partial charge in [0.25, 0.3) is 0 Å². The summed E-state index contributed by atoms with van der Waals surface area (Å²) in [6.45, 7) is 3.47. The highest BCUT2D eigenvalue weighted by Crippen LogP contribution is 2.28. The number of aryl methyl sites for hydroxylation is 1. The number of rotatable bonds is 6. The van der Waals surface area contributed by atoms with Crippen molar-refractivity contribution in [2.75, 3.05) is 17.1 Å². The molecule has 2 aromatic carbocycles. The van der Waals surface area contributed by atoms with Gasteiger partial charge in [0, 0.05) is 0 Å². The molecule has 0 aliphatic rings. The molecule has 0 spiro atoms. The molecule has 26 heavy (non-hydrogen) atoms. The van der Waals surface area contributed by atoms with Crippen LogP contribution >= 0.6 is 23.2 Å². The molecule has 0 saturated carbocycles. The number of nitrogens with zero attached hydrogens (tertiary/aromatic N) is 1. The van der Waals surface area contributed by atoms with Crippen LogP contribution in [0, 0.1) is 6.92 Å². The molecule has 0 fully saturated rings. The molecular formula is C18H20Cl2N2O3S. The summed E-state index contributed by atoms with van der Waals surface area (Å²) >= 11 is 11.8. The van der Waals surface area contributed by atoms with Crippen molar-refractivity contribution >= 4 is 44.8 Å². The van der Waals surface area contributed by atoms with Crippen molar-refractivity contribution < 1.29 is 13.2 Å². The predicted octanol–water partition coefficient (Wildman–Crippen LogP) is 3.95. The van der Waals surface area contributed by atoms with Gasteiger partial charge in [0.05, 0.1) is 28.0 Å². The highest BCUT2D eigenvalue weighted by Gasteiger charge is 2.22. The SMILES string of the molecule is Cc1ccc([C@@H](C)NC(=O)CN(c2ccc(Cl)c(Cl)c2)S(C)(=O)=O)cc1. The van der Waals surface area contributed by atoms with E-state index in [0.717, 1.165) is 21.7 Å². The lowest BCUT2D eigenvalue weighted by atomic mass is 10.1. The van der Waals surface area contributed by atoms with Crippen molar-refractivity contribution in [3.63, 3.8) is 0 Å². The number of hydrogen-bond acceptors (Lipinski definition) is 3. The van der Waals surface area contributed by atoms with Crippen LogP contribution in [-0.2, 0) is 14.8 Å². The van der Waals surface area contributed by atoms with E-state index in [1.807, 2.05) is 38.1 Å². The Hall–Kier alpha value is -1.76. The van der Waals surface area contributed by atoms with Crippen LogP contribution in [0.1, 0.15) is 24.1 Å². The maximum atomic E-state index is 12.4. The molecular weight excluding hydrogens is 395 g/mol. The van der Waals surface area contributed by atoms with Crippen molar-refractivity contribution in [1.82, 2.24) is 5.32 Å². The number of carbonyl (C=O) groups excluding carboxylic acids is 1. The zero-order valence-electron chi connectivity index (χ0n) is 14.7. The fourth-order valence-corrected chi connectivity index (χ4v) is 3.54. The van der Waals surface area contributed by atoms with Gasteiger partial charge in [0.15, 0.2) is 0 Å². The van der Waals surface area contributed by atoms with Crippen LogP contribution in [0.15, 0.2) is 42.5 Å². The van der Waals surface area contributed by atoms with E-state index in [9.17, 15) is 13.2 Å². The van der Waals surface area contributed by atoms with E-state index in [4.69, 9.17) is 23.2 Å². The third-order valence-electron chi connectivity index (χ3n) is 3.83. The molecule has 1 atom stereocenters. The van der Waals surface area contributed by atoms with E-state index in [-0.39, 0.29) is 23.3 Å². The molecule has 0 radical (unpaired) electrons. The minimum absolute atomic E-state index is 0.214. The zero-order chi connectivity index (χ0) is 19.5. The van der Waals surface area contributed by atoms with E-state index in [2.05, 4.69) is 5.32 Å². The maximum Gasteiger partial charge on any atom is 0.241 e. The Bertz CT molecular complexity index is 899. The third kappa shape index (κ3) is 5.37. The van der Waals surface area contributed by atoms with E-state index in [1.165, 1.54) is 18.2 Å². The van der Waals surface area contributed by atoms with Crippen LogP contribution in [0.5, 0.6) is 0 Å². The maximum absolute atomic E-state index is 12.4. The van der Waals surface area contributed by atoms with Gasteiger partial charge in [-0.05, 0) is 37.6 Å². The van der Waals surface area contributed by atoms with Gasteiger partial charge >= 0.3 is 0 Å². The molecule has 1 N–H and O–H groups in total. The van der Waals surface area contributed by atoms with Gasteiger partial charge in [-0.15, -0.1) is 0 Å². The van der Waals surface area contributed by atoms with Gasteiger partial charge in [-0.1, -0.05) is 53.0 Å². The second-order valence-corrected chi connectivity index (χ2v) is 8.79. The fraction of sp³-hybridized carbons (Fsp3) is 0.278. The topological polar surface area (TPSA) is 66.5 Å². The minimum atomic E-state index is -3.68. The summed E-state index contributed by atoms with van der Waals surface area (Å²) in [7, 11) is -3.68. The molecule has 2 rings (SSSR count). The Kier molecular flexibility index (Phi) is 6.55. The largest absolute Gasteiger partial charge is 0.348 e. The monoisotopic (exact) mass is 414 g/mol. The van der Waals surface area contributed by atoms with Gasteiger partial charge < -0.3 is 5.32 Å². The van der Waals surface area contributed by atoms with Crippen molar-refractivity contribution in [1.29, 1.82) is 0 Å². The summed E-state index contributed by atoms with van der Waals surface area (Å²) in [4.78, 5) is 12.4. The lowest BCUT2D eigenvalue weighted by Crippen LogP contribution is -2.41. The number of amides is 1. The van der Waals surface area contributed by atoms with Crippen LogP contribution < -0.4 is 9.62 Å². The van der Waals surface area contributed by atoms with Crippen LogP contribution in [0.25, 0.3) is 0 Å². The van der Waals surface area contributed by atoms with Gasteiger partial charge in [0.1, 0.15) is 6.54 Å². The van der Waals surface area contributed by atoms with Crippen molar-refractivity contribution in [2.24, 2.45) is 0 Å². The summed E-state index contributed by atoms with van der Waals surface area (Å²) in [6, 6.07) is 11.9. The summed E-state index contributed by atoms with van der Waals surface area (Å²) < 4.78 is 25.2. The standard InChI is InChI=1S/C18H20Cl2N2O3S/c1-12-4-6-14(7-5-12)13(2)21-18(23)11-22(26(3,24)25)15-8-9-16(19)17(20)10-15/h4-10,13H,11H2,1-3H3,(H,21,23)/t13-/m1/s1. The number of nitrogens with one attached hydrogen (secondary N) is 1. The molecule has 8 heteroatoms. The van der Waals surface area contributed by atoms with Gasteiger partial charge in [-0.3, -0.25) is 9.10 Å². The Morgan fingerprint density at radius 3 is 2.27 bits per heavy atom. The molecule has 0 aromatic heterocycles. The average Bonchev–Trinajstić information content (AvgIpc) is 2.55. The number of sulfonamides is 1. The van der Waals surface area contributed by atoms with E-state index >= 15 is 0 Å². The second kappa shape index (κ2) is 8.29. The first kappa shape index (κ1) is 20.6. The number of benzene rings is 2. The normalized spacial score (nSPS) is 12.5. The number of halogens is 2. The molecule has 0 unspecified atom stereocenters. The lowest BCUT2D eigenvalue weighted by Gasteiger charge is -2.23. The molecule has 2 aromatic rings. The average molecular weight is 415 g/mol. The first-order valence-electron chi connectivity index (χ1n) is 7.86. The molecule has 5 nitrogen and oxygen atoms in total. The lowest BCUT2D eigenvalue weighted by molar-refractivity contribution is -0.120. The smallest absolute Gasteiger partial charge is 0.241 e. The Balaban J connectivity index is 2.16. The van der Waals surface area contributed by atoms with Crippen LogP contribution in [0.3, 0.4) is 0 Å². The molecule has 1 amide bonds. The summed E-state index contributed by atoms with van der Waals surface area (Å²) in [5, 5.41) is 3.33. The molecule has 0 aliphatic carbocycles. The number of anilines is 1. The summed E-state index contributed by atoms with van der Waals surface area (Å²) in [5.74, 6) is -0.422. The predicted molar refractivity (Wildman–Crippen MR) is 106 cm³/mol. The highest BCUT2D eigenvalue weighted by atomic mass is 35.5. The van der Waals surface area contributed by atoms with E-state index < -0.39 is 15.9 Å². The number of carbonyl (C=O) groups is 1. The first-order chi connectivity index (χ1) is 12.1. The van der Waals surface area contributed by atoms with E-state index in [1.54, 1.807) is 0 Å². The summed E-state index contributed by atoms with van der Waals surface area (Å²) in [5.41, 5.74) is 2.33. The minimum Gasteiger partial charge on any atom is -0.348 e. The number of hydrogen-bond donors (Lipinski definition) is 1. The quantitative estimate of drug-likeness (QED) is 0.777. The van der Waals surface area contributed by atoms with Crippen molar-refractivity contribution in [2.45, 2.75) is 19.9 Å². The Morgan fingerprint density at radius 1 is 1.12 bits per heavy atom. The zero-order valence-corrected chi connectivity index (χ0v) is 17.0. The Labute approximate surface area is 164 Å². The molecule has 0 aliphatic heterocycles. The Morgan fingerprint density at radius 2 is 1.73 bits per heavy atom. The van der Waals surface area contributed by atoms with E-state index in [0.29, 0.717) is 5.02 Å². The summed E-state index contributed by atoms with van der Waals surface area (Å²) in [6.07, 6.45) is 1.03. The van der Waals surface area contributed by atoms with Crippen molar-refractivity contribution in [3.05, 3.63) is 63.6 Å². The molecule has 140 valence electrons. The molecule has 0 saturated heterocycles.